The van der Waals surface area contributed by atoms with Crippen molar-refractivity contribution in [2.45, 2.75) is 51.9 Å². The average Bonchev–Trinajstić information content (AvgIpc) is 2.75. The zero-order chi connectivity index (χ0) is 15.2. The first kappa shape index (κ1) is 18.3. The lowest BCUT2D eigenvalue weighted by Crippen LogP contribution is -2.15. The molecule has 0 spiro atoms. The van der Waals surface area contributed by atoms with Gasteiger partial charge in [-0.1, -0.05) is 51.0 Å². The molecule has 0 atom stereocenters. The maximum absolute atomic E-state index is 8.80. The minimum Gasteiger partial charge on any atom is -0.515 e. The Labute approximate surface area is 123 Å². The molecule has 1 fully saturated rings. The second kappa shape index (κ2) is 12.3. The van der Waals surface area contributed by atoms with Crippen molar-refractivity contribution < 1.29 is 5.11 Å². The van der Waals surface area contributed by atoms with Gasteiger partial charge in [0, 0.05) is 5.70 Å². The first-order chi connectivity index (χ1) is 9.61. The number of rotatable bonds is 4. The maximum Gasteiger partial charge on any atom is 0.129 e. The number of hydrogen-bond donors (Lipinski definition) is 3. The Hall–Kier alpha value is -1.71. The number of hydrogen-bond acceptors (Lipinski definition) is 3. The lowest BCUT2D eigenvalue weighted by Gasteiger charge is -2.00. The summed E-state index contributed by atoms with van der Waals surface area (Å²) in [7, 11) is 0. The van der Waals surface area contributed by atoms with E-state index in [0.717, 1.165) is 6.26 Å². The summed E-state index contributed by atoms with van der Waals surface area (Å²) in [5.41, 5.74) is 11.9. The fourth-order valence-corrected chi connectivity index (χ4v) is 1.91. The van der Waals surface area contributed by atoms with E-state index in [1.165, 1.54) is 44.9 Å². The summed E-state index contributed by atoms with van der Waals surface area (Å²) in [6, 6.07) is 0. The van der Waals surface area contributed by atoms with Gasteiger partial charge in [0.25, 0.3) is 0 Å². The summed E-state index contributed by atoms with van der Waals surface area (Å²) < 4.78 is 0. The smallest absolute Gasteiger partial charge is 0.129 e. The molecule has 114 valence electrons. The Balaban J connectivity index is 0.000000428. The van der Waals surface area contributed by atoms with Crippen LogP contribution in [0.5, 0.6) is 0 Å². The van der Waals surface area contributed by atoms with Crippen LogP contribution in [0.1, 0.15) is 51.9 Å². The highest BCUT2D eigenvalue weighted by molar-refractivity contribution is 5.99. The molecule has 0 amide bonds. The van der Waals surface area contributed by atoms with Crippen molar-refractivity contribution in [1.82, 2.24) is 0 Å². The summed E-state index contributed by atoms with van der Waals surface area (Å²) in [5, 5.41) is 8.80. The molecule has 5 N–H and O–H groups in total. The van der Waals surface area contributed by atoms with Gasteiger partial charge in [0.15, 0.2) is 0 Å². The molecule has 0 radical (unpaired) electrons. The molecule has 0 aromatic carbocycles. The van der Waals surface area contributed by atoms with Crippen LogP contribution in [-0.4, -0.2) is 17.5 Å². The average molecular weight is 279 g/mol. The van der Waals surface area contributed by atoms with Gasteiger partial charge in [-0.15, -0.1) is 6.58 Å². The third-order valence-corrected chi connectivity index (χ3v) is 2.96. The first-order valence-electron chi connectivity index (χ1n) is 7.31. The maximum atomic E-state index is 8.80. The summed E-state index contributed by atoms with van der Waals surface area (Å²) in [6.07, 6.45) is 14.5. The second-order valence-electron chi connectivity index (χ2n) is 4.96. The van der Waals surface area contributed by atoms with E-state index in [0.29, 0.717) is 17.8 Å². The Morgan fingerprint density at radius 2 is 1.55 bits per heavy atom. The molecule has 4 nitrogen and oxygen atoms in total. The van der Waals surface area contributed by atoms with E-state index in [4.69, 9.17) is 16.6 Å². The van der Waals surface area contributed by atoms with Crippen molar-refractivity contribution in [2.75, 3.05) is 6.54 Å². The molecule has 1 saturated carbocycles. The van der Waals surface area contributed by atoms with Crippen molar-refractivity contribution in [3.8, 4) is 0 Å². The predicted molar refractivity (Wildman–Crippen MR) is 87.7 cm³/mol. The molecule has 0 heterocycles. The van der Waals surface area contributed by atoms with Gasteiger partial charge in [0.05, 0.1) is 18.4 Å². The van der Waals surface area contributed by atoms with Crippen LogP contribution in [-0.2, 0) is 0 Å². The molecule has 0 unspecified atom stereocenters. The van der Waals surface area contributed by atoms with Gasteiger partial charge in [-0.3, -0.25) is 4.99 Å². The molecule has 0 saturated heterocycles. The van der Waals surface area contributed by atoms with Crippen molar-refractivity contribution in [3.63, 3.8) is 0 Å². The minimum atomic E-state index is 0.243. The molecule has 0 aromatic rings. The van der Waals surface area contributed by atoms with Gasteiger partial charge < -0.3 is 16.6 Å². The largest absolute Gasteiger partial charge is 0.515 e. The molecule has 1 rings (SSSR count). The molecule has 20 heavy (non-hydrogen) atoms. The highest BCUT2D eigenvalue weighted by Gasteiger charge is 1.98. The zero-order valence-corrected chi connectivity index (χ0v) is 12.6. The van der Waals surface area contributed by atoms with Crippen LogP contribution < -0.4 is 11.5 Å². The SMILES string of the molecule is C1CCCCCC1.C=CCN=C(N)C(/C=C(/C)N)=C/O. The Kier molecular flexibility index (Phi) is 11.3. The van der Waals surface area contributed by atoms with Crippen LogP contribution in [0.3, 0.4) is 0 Å². The number of allylic oxidation sites excluding steroid dienone is 1. The first-order valence-corrected chi connectivity index (χ1v) is 7.31. The van der Waals surface area contributed by atoms with Crippen LogP contribution in [0.4, 0.5) is 0 Å². The van der Waals surface area contributed by atoms with E-state index in [-0.39, 0.29) is 5.84 Å². The van der Waals surface area contributed by atoms with Crippen molar-refractivity contribution >= 4 is 5.84 Å². The molecule has 4 heteroatoms. The lowest BCUT2D eigenvalue weighted by atomic mass is 10.2. The third-order valence-electron chi connectivity index (χ3n) is 2.96. The number of aliphatic hydroxyl groups is 1. The number of aliphatic imine (C=N–C) groups is 1. The lowest BCUT2D eigenvalue weighted by molar-refractivity contribution is 0.471. The van der Waals surface area contributed by atoms with E-state index in [2.05, 4.69) is 11.6 Å². The summed E-state index contributed by atoms with van der Waals surface area (Å²) >= 11 is 0. The van der Waals surface area contributed by atoms with E-state index >= 15 is 0 Å². The van der Waals surface area contributed by atoms with Crippen LogP contribution in [0.25, 0.3) is 0 Å². The molecule has 0 aromatic heterocycles. The standard InChI is InChI=1S/C9H15N3O.C7H14/c1-3-4-12-9(11)8(6-13)5-7(2)10;1-2-4-6-7-5-3-1/h3,5-6,13H,1,4,10H2,2H3,(H2,11,12);1-7H2/b7-5-,8-6+;. The van der Waals surface area contributed by atoms with Gasteiger partial charge in [-0.25, -0.2) is 0 Å². The van der Waals surface area contributed by atoms with E-state index < -0.39 is 0 Å². The Morgan fingerprint density at radius 1 is 1.10 bits per heavy atom. The van der Waals surface area contributed by atoms with Crippen LogP contribution in [0.15, 0.2) is 41.3 Å². The Morgan fingerprint density at radius 3 is 1.85 bits per heavy atom. The molecule has 0 bridgehead atoms. The highest BCUT2D eigenvalue weighted by atomic mass is 16.2. The molecule has 1 aliphatic rings. The monoisotopic (exact) mass is 279 g/mol. The molecular formula is C16H29N3O. The van der Waals surface area contributed by atoms with Crippen molar-refractivity contribution in [2.24, 2.45) is 16.5 Å². The number of aliphatic hydroxyl groups excluding tert-OH is 1. The fourth-order valence-electron chi connectivity index (χ4n) is 1.91. The molecule has 1 aliphatic carbocycles. The molecule has 0 aliphatic heterocycles. The number of nitrogens with zero attached hydrogens (tertiary/aromatic N) is 1. The topological polar surface area (TPSA) is 84.6 Å². The van der Waals surface area contributed by atoms with E-state index in [9.17, 15) is 0 Å². The number of amidine groups is 1. The minimum absolute atomic E-state index is 0.243. The summed E-state index contributed by atoms with van der Waals surface area (Å²) in [4.78, 5) is 3.91. The van der Waals surface area contributed by atoms with Crippen LogP contribution >= 0.6 is 0 Å². The highest BCUT2D eigenvalue weighted by Crippen LogP contribution is 2.15. The van der Waals surface area contributed by atoms with Gasteiger partial charge in [-0.2, -0.15) is 0 Å². The summed E-state index contributed by atoms with van der Waals surface area (Å²) in [6.45, 7) is 5.61. The van der Waals surface area contributed by atoms with Crippen molar-refractivity contribution in [3.05, 3.63) is 36.3 Å². The van der Waals surface area contributed by atoms with E-state index in [1.807, 2.05) is 0 Å². The second-order valence-corrected chi connectivity index (χ2v) is 4.96. The van der Waals surface area contributed by atoms with Crippen LogP contribution in [0, 0.1) is 0 Å². The van der Waals surface area contributed by atoms with Gasteiger partial charge in [0.1, 0.15) is 5.84 Å². The van der Waals surface area contributed by atoms with Crippen molar-refractivity contribution in [1.29, 1.82) is 0 Å². The van der Waals surface area contributed by atoms with Gasteiger partial charge >= 0.3 is 0 Å². The predicted octanol–water partition coefficient (Wildman–Crippen LogP) is 3.56. The normalized spacial score (nSPS) is 17.8. The number of nitrogens with two attached hydrogens (primary N) is 2. The third kappa shape index (κ3) is 10.2. The fraction of sp³-hybridized carbons (Fsp3) is 0.562. The summed E-state index contributed by atoms with van der Waals surface area (Å²) in [5.74, 6) is 0.243. The zero-order valence-electron chi connectivity index (χ0n) is 12.6. The quantitative estimate of drug-likeness (QED) is 0.184. The van der Waals surface area contributed by atoms with E-state index in [1.54, 1.807) is 19.1 Å². The van der Waals surface area contributed by atoms with Gasteiger partial charge in [-0.05, 0) is 13.0 Å². The molecular weight excluding hydrogens is 250 g/mol. The Bertz CT molecular complexity index is 333. The van der Waals surface area contributed by atoms with Gasteiger partial charge in [0.2, 0.25) is 0 Å². The van der Waals surface area contributed by atoms with Crippen LogP contribution in [0.2, 0.25) is 0 Å².